The molecule has 7 heteroatoms. The predicted octanol–water partition coefficient (Wildman–Crippen LogP) is 3.06. The molecule has 1 amide bonds. The predicted molar refractivity (Wildman–Crippen MR) is 112 cm³/mol. The lowest BCUT2D eigenvalue weighted by atomic mass is 10.2. The quantitative estimate of drug-likeness (QED) is 0.604. The zero-order valence-electron chi connectivity index (χ0n) is 17.2. The van der Waals surface area contributed by atoms with Gasteiger partial charge >= 0.3 is 0 Å². The molecule has 30 heavy (non-hydrogen) atoms. The van der Waals surface area contributed by atoms with Crippen molar-refractivity contribution in [2.75, 3.05) is 45.9 Å². The van der Waals surface area contributed by atoms with Crippen LogP contribution in [-0.4, -0.2) is 61.6 Å². The number of nitrogens with zero attached hydrogens (tertiary/aromatic N) is 2. The van der Waals surface area contributed by atoms with Gasteiger partial charge in [0.25, 0.3) is 5.91 Å². The van der Waals surface area contributed by atoms with E-state index in [2.05, 4.69) is 39.4 Å². The summed E-state index contributed by atoms with van der Waals surface area (Å²) in [6.07, 6.45) is 1.88. The minimum absolute atomic E-state index is 0.127. The van der Waals surface area contributed by atoms with E-state index in [-0.39, 0.29) is 18.3 Å². The van der Waals surface area contributed by atoms with E-state index in [4.69, 9.17) is 4.74 Å². The third-order valence-electron chi connectivity index (χ3n) is 5.19. The Morgan fingerprint density at radius 1 is 0.967 bits per heavy atom. The molecule has 5 nitrogen and oxygen atoms in total. The van der Waals surface area contributed by atoms with Crippen LogP contribution < -0.4 is 10.1 Å². The average molecular weight is 418 g/mol. The molecular weight excluding hydrogens is 388 g/mol. The standard InChI is InChI=1S/C23H29F2N3O2/c24-20-8-9-22(21(25)16-20)30-18-23(29)26-10-4-5-11-27-12-14-28(15-13-27)17-19-6-2-1-3-7-19/h1-3,6-9,16H,4-5,10-15,17-18H2,(H,26,29). The zero-order valence-corrected chi connectivity index (χ0v) is 17.2. The van der Waals surface area contributed by atoms with Crippen molar-refractivity contribution < 1.29 is 18.3 Å². The largest absolute Gasteiger partial charge is 0.481 e. The second-order valence-electron chi connectivity index (χ2n) is 7.52. The molecule has 0 aliphatic carbocycles. The fourth-order valence-corrected chi connectivity index (χ4v) is 3.49. The highest BCUT2D eigenvalue weighted by atomic mass is 19.1. The molecule has 1 aliphatic rings. The number of rotatable bonds is 10. The number of hydrogen-bond donors (Lipinski definition) is 1. The Labute approximate surface area is 176 Å². The van der Waals surface area contributed by atoms with Crippen molar-refractivity contribution in [2.24, 2.45) is 0 Å². The van der Waals surface area contributed by atoms with Crippen LogP contribution in [0.4, 0.5) is 8.78 Å². The van der Waals surface area contributed by atoms with E-state index in [1.807, 2.05) is 6.07 Å². The van der Waals surface area contributed by atoms with E-state index in [0.29, 0.717) is 6.54 Å². The second kappa shape index (κ2) is 11.6. The summed E-state index contributed by atoms with van der Waals surface area (Å²) in [7, 11) is 0. The molecule has 3 rings (SSSR count). The highest BCUT2D eigenvalue weighted by Gasteiger charge is 2.16. The van der Waals surface area contributed by atoms with Crippen LogP contribution in [0, 0.1) is 11.6 Å². The number of carbonyl (C=O) groups is 1. The lowest BCUT2D eigenvalue weighted by Crippen LogP contribution is -2.46. The van der Waals surface area contributed by atoms with Gasteiger partial charge in [-0.1, -0.05) is 30.3 Å². The fourth-order valence-electron chi connectivity index (χ4n) is 3.49. The highest BCUT2D eigenvalue weighted by molar-refractivity contribution is 5.77. The summed E-state index contributed by atoms with van der Waals surface area (Å²) in [4.78, 5) is 16.7. The lowest BCUT2D eigenvalue weighted by molar-refractivity contribution is -0.123. The molecule has 1 saturated heterocycles. The molecule has 1 N–H and O–H groups in total. The lowest BCUT2D eigenvalue weighted by Gasteiger charge is -2.34. The molecule has 0 unspecified atom stereocenters. The van der Waals surface area contributed by atoms with Gasteiger partial charge in [-0.3, -0.25) is 9.69 Å². The van der Waals surface area contributed by atoms with Crippen molar-refractivity contribution in [1.82, 2.24) is 15.1 Å². The molecule has 1 heterocycles. The maximum absolute atomic E-state index is 13.5. The van der Waals surface area contributed by atoms with Crippen LogP contribution in [0.2, 0.25) is 0 Å². The number of carbonyl (C=O) groups excluding carboxylic acids is 1. The van der Waals surface area contributed by atoms with Crippen LogP contribution in [0.15, 0.2) is 48.5 Å². The molecular formula is C23H29F2N3O2. The van der Waals surface area contributed by atoms with E-state index in [1.165, 1.54) is 11.6 Å². The topological polar surface area (TPSA) is 44.8 Å². The van der Waals surface area contributed by atoms with E-state index >= 15 is 0 Å². The number of unbranched alkanes of at least 4 members (excludes halogenated alkanes) is 1. The van der Waals surface area contributed by atoms with Gasteiger partial charge in [0.1, 0.15) is 5.82 Å². The van der Waals surface area contributed by atoms with Gasteiger partial charge in [0.15, 0.2) is 18.2 Å². The molecule has 0 saturated carbocycles. The number of benzene rings is 2. The van der Waals surface area contributed by atoms with Gasteiger partial charge < -0.3 is 15.0 Å². The Morgan fingerprint density at radius 3 is 2.43 bits per heavy atom. The van der Waals surface area contributed by atoms with Gasteiger partial charge in [-0.2, -0.15) is 0 Å². The smallest absolute Gasteiger partial charge is 0.257 e. The molecule has 1 fully saturated rings. The summed E-state index contributed by atoms with van der Waals surface area (Å²) < 4.78 is 31.4. The first kappa shape index (κ1) is 22.2. The number of amides is 1. The van der Waals surface area contributed by atoms with E-state index in [0.717, 1.165) is 64.2 Å². The van der Waals surface area contributed by atoms with Crippen LogP contribution in [-0.2, 0) is 11.3 Å². The van der Waals surface area contributed by atoms with Gasteiger partial charge in [-0.15, -0.1) is 0 Å². The molecule has 162 valence electrons. The van der Waals surface area contributed by atoms with Gasteiger partial charge in [0, 0.05) is 45.3 Å². The van der Waals surface area contributed by atoms with Gasteiger partial charge in [0.2, 0.25) is 0 Å². The fraction of sp³-hybridized carbons (Fsp3) is 0.435. The summed E-state index contributed by atoms with van der Waals surface area (Å²) in [6.45, 7) is 6.57. The maximum Gasteiger partial charge on any atom is 0.257 e. The third kappa shape index (κ3) is 7.39. The van der Waals surface area contributed by atoms with Crippen molar-refractivity contribution in [1.29, 1.82) is 0 Å². The summed E-state index contributed by atoms with van der Waals surface area (Å²) in [5.74, 6) is -1.93. The van der Waals surface area contributed by atoms with Crippen molar-refractivity contribution in [3.8, 4) is 5.75 Å². The molecule has 2 aromatic rings. The summed E-state index contributed by atoms with van der Waals surface area (Å²) >= 11 is 0. The van der Waals surface area contributed by atoms with Crippen LogP contribution >= 0.6 is 0 Å². The first-order chi connectivity index (χ1) is 14.6. The maximum atomic E-state index is 13.5. The van der Waals surface area contributed by atoms with E-state index < -0.39 is 11.6 Å². The van der Waals surface area contributed by atoms with Crippen molar-refractivity contribution in [3.05, 3.63) is 65.7 Å². The van der Waals surface area contributed by atoms with E-state index in [9.17, 15) is 13.6 Å². The zero-order chi connectivity index (χ0) is 21.2. The SMILES string of the molecule is O=C(COc1ccc(F)cc1F)NCCCCN1CCN(Cc2ccccc2)CC1. The second-order valence-corrected chi connectivity index (χ2v) is 7.52. The molecule has 0 aromatic heterocycles. The minimum atomic E-state index is -0.813. The number of nitrogens with one attached hydrogen (secondary N) is 1. The molecule has 0 radical (unpaired) electrons. The number of ether oxygens (including phenoxy) is 1. The van der Waals surface area contributed by atoms with Crippen LogP contribution in [0.3, 0.4) is 0 Å². The van der Waals surface area contributed by atoms with Crippen LogP contribution in [0.5, 0.6) is 5.75 Å². The highest BCUT2D eigenvalue weighted by Crippen LogP contribution is 2.17. The summed E-state index contributed by atoms with van der Waals surface area (Å²) in [6, 6.07) is 13.5. The average Bonchev–Trinajstić information content (AvgIpc) is 2.75. The molecule has 0 spiro atoms. The Morgan fingerprint density at radius 2 is 1.70 bits per heavy atom. The van der Waals surface area contributed by atoms with Gasteiger partial charge in [-0.25, -0.2) is 8.78 Å². The third-order valence-corrected chi connectivity index (χ3v) is 5.19. The first-order valence-electron chi connectivity index (χ1n) is 10.4. The summed E-state index contributed by atoms with van der Waals surface area (Å²) in [5.41, 5.74) is 1.35. The van der Waals surface area contributed by atoms with Gasteiger partial charge in [-0.05, 0) is 37.1 Å². The van der Waals surface area contributed by atoms with Crippen molar-refractivity contribution in [2.45, 2.75) is 19.4 Å². The van der Waals surface area contributed by atoms with Crippen LogP contribution in [0.1, 0.15) is 18.4 Å². The van der Waals surface area contributed by atoms with Crippen LogP contribution in [0.25, 0.3) is 0 Å². The van der Waals surface area contributed by atoms with E-state index in [1.54, 1.807) is 0 Å². The number of hydrogen-bond acceptors (Lipinski definition) is 4. The molecule has 0 atom stereocenters. The van der Waals surface area contributed by atoms with Crippen molar-refractivity contribution >= 4 is 5.91 Å². The first-order valence-corrected chi connectivity index (χ1v) is 10.4. The van der Waals surface area contributed by atoms with Gasteiger partial charge in [0.05, 0.1) is 0 Å². The Bertz CT molecular complexity index is 796. The Balaban J connectivity index is 1.22. The molecule has 2 aromatic carbocycles. The number of piperazine rings is 1. The monoisotopic (exact) mass is 417 g/mol. The Kier molecular flexibility index (Phi) is 8.59. The van der Waals surface area contributed by atoms with Crippen molar-refractivity contribution in [3.63, 3.8) is 0 Å². The molecule has 0 bridgehead atoms. The summed E-state index contributed by atoms with van der Waals surface area (Å²) in [5, 5.41) is 2.77. The number of halogens is 2. The minimum Gasteiger partial charge on any atom is -0.481 e. The Hall–Kier alpha value is -2.51. The molecule has 1 aliphatic heterocycles. The normalized spacial score (nSPS) is 15.1.